The first-order valence-electron chi connectivity index (χ1n) is 7.42. The first-order chi connectivity index (χ1) is 12.5. The summed E-state index contributed by atoms with van der Waals surface area (Å²) in [5.41, 5.74) is 9.03. The van der Waals surface area contributed by atoms with Crippen LogP contribution in [-0.4, -0.2) is 26.3 Å². The molecule has 0 saturated carbocycles. The molecule has 0 aliphatic rings. The molecule has 0 atom stereocenters. The van der Waals surface area contributed by atoms with Crippen LogP contribution in [0.5, 0.6) is 5.75 Å². The number of nitrogens with zero attached hydrogens (tertiary/aromatic N) is 2. The fraction of sp³-hybridized carbons (Fsp3) is 0.143. The second kappa shape index (κ2) is 11.9. The number of nitriles is 1. The number of anilines is 1. The van der Waals surface area contributed by atoms with E-state index in [1.807, 2.05) is 24.3 Å². The monoisotopic (exact) mass is 349 g/mol. The van der Waals surface area contributed by atoms with E-state index >= 15 is 0 Å². The Balaban J connectivity index is 0.00000113. The van der Waals surface area contributed by atoms with E-state index in [9.17, 15) is 5.26 Å². The molecule has 5 nitrogen and oxygen atoms in total. The molecule has 5 heteroatoms. The molecule has 134 valence electrons. The van der Waals surface area contributed by atoms with Gasteiger partial charge in [0, 0.05) is 25.3 Å². The van der Waals surface area contributed by atoms with Gasteiger partial charge in [0.1, 0.15) is 23.2 Å². The maximum absolute atomic E-state index is 9.21. The second-order valence-corrected chi connectivity index (χ2v) is 4.79. The fourth-order valence-electron chi connectivity index (χ4n) is 1.96. The number of hydrogen-bond acceptors (Lipinski definition) is 5. The summed E-state index contributed by atoms with van der Waals surface area (Å²) in [4.78, 5) is 4.29. The smallest absolute Gasteiger partial charge is 0.142 e. The number of benzene rings is 1. The molecule has 2 rings (SSSR count). The van der Waals surface area contributed by atoms with Crippen LogP contribution >= 0.6 is 0 Å². The minimum Gasteiger partial charge on any atom is -0.497 e. The highest BCUT2D eigenvalue weighted by Crippen LogP contribution is 2.28. The van der Waals surface area contributed by atoms with E-state index in [4.69, 9.17) is 10.5 Å². The molecule has 1 aromatic heterocycles. The summed E-state index contributed by atoms with van der Waals surface area (Å²) in [6, 6.07) is 11.3. The van der Waals surface area contributed by atoms with E-state index in [-0.39, 0.29) is 5.82 Å². The molecule has 0 spiro atoms. The molecule has 1 heterocycles. The van der Waals surface area contributed by atoms with Crippen LogP contribution < -0.4 is 10.5 Å². The molecule has 0 bridgehead atoms. The zero-order valence-corrected chi connectivity index (χ0v) is 15.3. The number of nitrogens with two attached hydrogens (primary N) is 1. The minimum absolute atomic E-state index is 0.184. The normalized spacial score (nSPS) is 8.62. The van der Waals surface area contributed by atoms with Gasteiger partial charge in [-0.05, 0) is 35.9 Å². The molecule has 0 aliphatic carbocycles. The predicted molar refractivity (Wildman–Crippen MR) is 107 cm³/mol. The van der Waals surface area contributed by atoms with E-state index < -0.39 is 0 Å². The van der Waals surface area contributed by atoms with Gasteiger partial charge in [0.05, 0.1) is 12.8 Å². The summed E-state index contributed by atoms with van der Waals surface area (Å²) in [5, 5.41) is 9.21. The molecule has 0 saturated heterocycles. The van der Waals surface area contributed by atoms with Crippen LogP contribution in [0.1, 0.15) is 11.1 Å². The zero-order valence-electron chi connectivity index (χ0n) is 15.3. The largest absolute Gasteiger partial charge is 0.497 e. The number of nitrogen functional groups attached to an aromatic ring is 1. The van der Waals surface area contributed by atoms with Crippen molar-refractivity contribution >= 4 is 11.4 Å². The van der Waals surface area contributed by atoms with E-state index in [2.05, 4.69) is 41.8 Å². The molecule has 2 aromatic rings. The summed E-state index contributed by atoms with van der Waals surface area (Å²) in [6.07, 6.45) is 9.59. The summed E-state index contributed by atoms with van der Waals surface area (Å²) >= 11 is 0. The summed E-state index contributed by atoms with van der Waals surface area (Å²) in [7, 11) is 4.86. The average Bonchev–Trinajstić information content (AvgIpc) is 2.69. The van der Waals surface area contributed by atoms with Gasteiger partial charge in [-0.1, -0.05) is 19.2 Å². The third-order valence-electron chi connectivity index (χ3n) is 3.14. The number of rotatable bonds is 4. The lowest BCUT2D eigenvalue weighted by Crippen LogP contribution is -2.01. The number of methoxy groups -OCH3 is 2. The number of aromatic nitrogens is 1. The van der Waals surface area contributed by atoms with Crippen molar-refractivity contribution in [2.75, 3.05) is 27.1 Å². The highest BCUT2D eigenvalue weighted by Gasteiger charge is 2.12. The van der Waals surface area contributed by atoms with Crippen LogP contribution in [0.15, 0.2) is 49.6 Å². The lowest BCUT2D eigenvalue weighted by molar-refractivity contribution is 0.277. The standard InChI is InChI=1S/C17H15N3O.C2H6O.C2H2/c1-4-11(2)14-9-16(20-17(19)15(14)10-18)12-5-7-13(21-3)8-6-12;1-3-2;1-2/h4-9H,1-2H2,3H3,(H2,19,20);1-2H3;1-2H. The van der Waals surface area contributed by atoms with Crippen molar-refractivity contribution in [1.29, 1.82) is 5.26 Å². The maximum Gasteiger partial charge on any atom is 0.142 e. The van der Waals surface area contributed by atoms with Gasteiger partial charge in [-0.3, -0.25) is 0 Å². The number of ether oxygens (including phenoxy) is 2. The molecular formula is C21H23N3O2. The Morgan fingerprint density at radius 2 is 1.77 bits per heavy atom. The lowest BCUT2D eigenvalue weighted by atomic mass is 9.99. The van der Waals surface area contributed by atoms with Gasteiger partial charge >= 0.3 is 0 Å². The van der Waals surface area contributed by atoms with Crippen molar-refractivity contribution in [3.05, 3.63) is 60.7 Å². The van der Waals surface area contributed by atoms with Crippen LogP contribution in [0.25, 0.3) is 16.8 Å². The topological polar surface area (TPSA) is 81.2 Å². The van der Waals surface area contributed by atoms with Crippen molar-refractivity contribution in [3.8, 4) is 35.9 Å². The van der Waals surface area contributed by atoms with Gasteiger partial charge in [-0.2, -0.15) is 5.26 Å². The Morgan fingerprint density at radius 1 is 1.23 bits per heavy atom. The van der Waals surface area contributed by atoms with Crippen molar-refractivity contribution in [2.24, 2.45) is 0 Å². The molecule has 0 unspecified atom stereocenters. The number of pyridine rings is 1. The Morgan fingerprint density at radius 3 is 2.19 bits per heavy atom. The number of hydrogen-bond donors (Lipinski definition) is 1. The van der Waals surface area contributed by atoms with Gasteiger partial charge in [0.25, 0.3) is 0 Å². The highest BCUT2D eigenvalue weighted by molar-refractivity contribution is 5.81. The molecular weight excluding hydrogens is 326 g/mol. The predicted octanol–water partition coefficient (Wildman–Crippen LogP) is 3.92. The molecule has 26 heavy (non-hydrogen) atoms. The van der Waals surface area contributed by atoms with Crippen LogP contribution in [-0.2, 0) is 4.74 Å². The first-order valence-corrected chi connectivity index (χ1v) is 7.42. The van der Waals surface area contributed by atoms with Crippen molar-refractivity contribution in [3.63, 3.8) is 0 Å². The van der Waals surface area contributed by atoms with Crippen molar-refractivity contribution in [2.45, 2.75) is 0 Å². The zero-order chi connectivity index (χ0) is 20.1. The van der Waals surface area contributed by atoms with Gasteiger partial charge < -0.3 is 15.2 Å². The molecule has 0 radical (unpaired) electrons. The maximum atomic E-state index is 9.21. The Kier molecular flexibility index (Phi) is 10.3. The third kappa shape index (κ3) is 5.83. The van der Waals surface area contributed by atoms with E-state index in [0.29, 0.717) is 22.4 Å². The van der Waals surface area contributed by atoms with Gasteiger partial charge in [-0.15, -0.1) is 12.8 Å². The first kappa shape index (κ1) is 22.5. The summed E-state index contributed by atoms with van der Waals surface area (Å²) < 4.78 is 9.38. The minimum atomic E-state index is 0.184. The molecule has 1 aromatic carbocycles. The van der Waals surface area contributed by atoms with Gasteiger partial charge in [0.2, 0.25) is 0 Å². The van der Waals surface area contributed by atoms with Crippen LogP contribution in [0, 0.1) is 24.2 Å². The van der Waals surface area contributed by atoms with Crippen molar-refractivity contribution < 1.29 is 9.47 Å². The Hall–Kier alpha value is -3.54. The van der Waals surface area contributed by atoms with Crippen LogP contribution in [0.2, 0.25) is 0 Å². The van der Waals surface area contributed by atoms with Crippen molar-refractivity contribution in [1.82, 2.24) is 4.98 Å². The summed E-state index contributed by atoms with van der Waals surface area (Å²) in [5.74, 6) is 0.944. The van der Waals surface area contributed by atoms with Gasteiger partial charge in [-0.25, -0.2) is 4.98 Å². The third-order valence-corrected chi connectivity index (χ3v) is 3.14. The summed E-state index contributed by atoms with van der Waals surface area (Å²) in [6.45, 7) is 7.56. The number of terminal acetylenes is 1. The Labute approximate surface area is 155 Å². The van der Waals surface area contributed by atoms with E-state index in [1.54, 1.807) is 33.5 Å². The van der Waals surface area contributed by atoms with Crippen LogP contribution in [0.3, 0.4) is 0 Å². The van der Waals surface area contributed by atoms with E-state index in [1.165, 1.54) is 0 Å². The van der Waals surface area contributed by atoms with Crippen LogP contribution in [0.4, 0.5) is 5.82 Å². The number of allylic oxidation sites excluding steroid dienone is 2. The molecule has 2 N–H and O–H groups in total. The van der Waals surface area contributed by atoms with E-state index in [0.717, 1.165) is 11.3 Å². The quantitative estimate of drug-likeness (QED) is 0.668. The molecule has 0 aliphatic heterocycles. The molecule has 0 fully saturated rings. The molecule has 0 amide bonds. The lowest BCUT2D eigenvalue weighted by Gasteiger charge is -2.10. The highest BCUT2D eigenvalue weighted by atomic mass is 16.5. The Bertz CT molecular complexity index is 800. The fourth-order valence-corrected chi connectivity index (χ4v) is 1.96. The average molecular weight is 349 g/mol. The van der Waals surface area contributed by atoms with Gasteiger partial charge in [0.15, 0.2) is 0 Å². The second-order valence-electron chi connectivity index (χ2n) is 4.79. The SMILES string of the molecule is C#C.C=CC(=C)c1cc(-c2ccc(OC)cc2)nc(N)c1C#N.COC.